The van der Waals surface area contributed by atoms with Crippen LogP contribution in [0.4, 0.5) is 4.39 Å². The third-order valence-electron chi connectivity index (χ3n) is 5.05. The van der Waals surface area contributed by atoms with Gasteiger partial charge in [0.1, 0.15) is 16.7 Å². The van der Waals surface area contributed by atoms with Gasteiger partial charge in [0.05, 0.1) is 24.4 Å². The average molecular weight is 414 g/mol. The first kappa shape index (κ1) is 19.5. The Hall–Kier alpha value is -2.86. The van der Waals surface area contributed by atoms with Gasteiger partial charge in [-0.1, -0.05) is 41.9 Å². The average Bonchev–Trinajstić information content (AvgIpc) is 3.00. The van der Waals surface area contributed by atoms with Crippen molar-refractivity contribution in [3.63, 3.8) is 0 Å². The van der Waals surface area contributed by atoms with E-state index < -0.39 is 0 Å². The molecule has 0 fully saturated rings. The fourth-order valence-corrected chi connectivity index (χ4v) is 3.85. The minimum Gasteiger partial charge on any atom is -0.493 e. The van der Waals surface area contributed by atoms with Crippen molar-refractivity contribution in [2.45, 2.75) is 19.9 Å². The summed E-state index contributed by atoms with van der Waals surface area (Å²) in [6.07, 6.45) is 0.854. The first-order valence-corrected chi connectivity index (χ1v) is 9.85. The lowest BCUT2D eigenvalue weighted by Crippen LogP contribution is -2.35. The van der Waals surface area contributed by atoms with Gasteiger partial charge in [0.15, 0.2) is 0 Å². The van der Waals surface area contributed by atoms with Crippen molar-refractivity contribution >= 4 is 17.5 Å². The van der Waals surface area contributed by atoms with Gasteiger partial charge in [-0.15, -0.1) is 0 Å². The van der Waals surface area contributed by atoms with E-state index in [1.54, 1.807) is 23.7 Å². The molecule has 1 aliphatic heterocycles. The van der Waals surface area contributed by atoms with Crippen molar-refractivity contribution in [3.8, 4) is 5.75 Å². The van der Waals surface area contributed by atoms with E-state index in [4.69, 9.17) is 16.3 Å². The van der Waals surface area contributed by atoms with Crippen LogP contribution in [0.3, 0.4) is 0 Å². The van der Waals surface area contributed by atoms with Gasteiger partial charge in [0.2, 0.25) is 0 Å². The predicted molar refractivity (Wildman–Crippen MR) is 109 cm³/mol. The van der Waals surface area contributed by atoms with E-state index in [-0.39, 0.29) is 22.8 Å². The van der Waals surface area contributed by atoms with Gasteiger partial charge >= 0.3 is 0 Å². The van der Waals surface area contributed by atoms with E-state index in [9.17, 15) is 9.18 Å². The number of carbonyl (C=O) groups is 1. The van der Waals surface area contributed by atoms with E-state index in [0.717, 1.165) is 23.3 Å². The Balaban J connectivity index is 1.41. The summed E-state index contributed by atoms with van der Waals surface area (Å²) in [6, 6.07) is 14.1. The Morgan fingerprint density at radius 2 is 2.03 bits per heavy atom. The highest BCUT2D eigenvalue weighted by molar-refractivity contribution is 6.33. The first-order chi connectivity index (χ1) is 14.0. The van der Waals surface area contributed by atoms with Crippen LogP contribution in [0.2, 0.25) is 5.15 Å². The second-order valence-corrected chi connectivity index (χ2v) is 7.59. The van der Waals surface area contributed by atoms with Gasteiger partial charge in [0.25, 0.3) is 5.91 Å². The summed E-state index contributed by atoms with van der Waals surface area (Å²) < 4.78 is 20.4. The number of para-hydroxylation sites is 1. The van der Waals surface area contributed by atoms with Gasteiger partial charge in [-0.2, -0.15) is 5.10 Å². The maximum absolute atomic E-state index is 13.1. The van der Waals surface area contributed by atoms with Crippen LogP contribution in [0.5, 0.6) is 5.75 Å². The number of carbonyl (C=O) groups excluding carboxylic acids is 1. The normalized spacial score (nSPS) is 15.5. The molecule has 5 nitrogen and oxygen atoms in total. The Morgan fingerprint density at radius 1 is 1.28 bits per heavy atom. The molecule has 4 rings (SSSR count). The Kier molecular flexibility index (Phi) is 5.53. The number of rotatable bonds is 5. The van der Waals surface area contributed by atoms with E-state index in [1.807, 2.05) is 24.3 Å². The molecule has 3 aromatic rings. The number of benzene rings is 2. The molecule has 7 heteroatoms. The highest BCUT2D eigenvalue weighted by Gasteiger charge is 2.23. The van der Waals surface area contributed by atoms with Crippen LogP contribution in [-0.4, -0.2) is 28.8 Å². The topological polar surface area (TPSA) is 56.2 Å². The van der Waals surface area contributed by atoms with Crippen molar-refractivity contribution in [2.24, 2.45) is 5.92 Å². The number of halogens is 2. The molecule has 29 heavy (non-hydrogen) atoms. The van der Waals surface area contributed by atoms with Gasteiger partial charge in [-0.3, -0.25) is 4.79 Å². The molecule has 1 aromatic heterocycles. The highest BCUT2D eigenvalue weighted by atomic mass is 35.5. The summed E-state index contributed by atoms with van der Waals surface area (Å²) in [7, 11) is 0. The molecule has 1 aliphatic rings. The van der Waals surface area contributed by atoms with Crippen LogP contribution < -0.4 is 10.1 Å². The fraction of sp³-hybridized carbons (Fsp3) is 0.273. The summed E-state index contributed by atoms with van der Waals surface area (Å²) in [4.78, 5) is 12.7. The molecule has 0 saturated heterocycles. The van der Waals surface area contributed by atoms with Crippen molar-refractivity contribution in [1.29, 1.82) is 0 Å². The monoisotopic (exact) mass is 413 g/mol. The molecular formula is C22H21ClFN3O2. The van der Waals surface area contributed by atoms with E-state index >= 15 is 0 Å². The molecule has 0 bridgehead atoms. The molecule has 2 heterocycles. The lowest BCUT2D eigenvalue weighted by molar-refractivity contribution is 0.0938. The number of aromatic nitrogens is 2. The lowest BCUT2D eigenvalue weighted by Gasteiger charge is -2.25. The first-order valence-electron chi connectivity index (χ1n) is 9.47. The number of nitrogens with one attached hydrogen (secondary N) is 1. The van der Waals surface area contributed by atoms with Gasteiger partial charge in [-0.05, 0) is 42.7 Å². The molecule has 1 N–H and O–H groups in total. The number of fused-ring (bicyclic) bond motifs is 1. The molecule has 1 atom stereocenters. The smallest absolute Gasteiger partial charge is 0.256 e. The molecule has 1 unspecified atom stereocenters. The number of hydrogen-bond acceptors (Lipinski definition) is 3. The van der Waals surface area contributed by atoms with Gasteiger partial charge < -0.3 is 10.1 Å². The summed E-state index contributed by atoms with van der Waals surface area (Å²) in [6.45, 7) is 3.17. The molecule has 0 saturated carbocycles. The molecule has 1 amide bonds. The maximum Gasteiger partial charge on any atom is 0.256 e. The summed E-state index contributed by atoms with van der Waals surface area (Å²) >= 11 is 6.43. The van der Waals surface area contributed by atoms with Crippen molar-refractivity contribution < 1.29 is 13.9 Å². The number of aryl methyl sites for hydroxylation is 1. The predicted octanol–water partition coefficient (Wildman–Crippen LogP) is 4.01. The zero-order valence-corrected chi connectivity index (χ0v) is 16.7. The zero-order valence-electron chi connectivity index (χ0n) is 16.0. The Morgan fingerprint density at radius 3 is 2.83 bits per heavy atom. The third kappa shape index (κ3) is 4.27. The van der Waals surface area contributed by atoms with Crippen LogP contribution in [0.15, 0.2) is 48.5 Å². The highest BCUT2D eigenvalue weighted by Crippen LogP contribution is 2.27. The molecule has 0 radical (unpaired) electrons. The standard InChI is InChI=1S/C22H21ClFN3O2/c1-14-20(21(23)27(26-14)12-15-6-8-18(24)9-7-15)22(28)25-11-16-10-17-4-2-3-5-19(17)29-13-16/h2-9,16H,10-13H2,1H3,(H,25,28). The van der Waals surface area contributed by atoms with Crippen molar-refractivity contribution in [1.82, 2.24) is 15.1 Å². The molecular weight excluding hydrogens is 393 g/mol. The quantitative estimate of drug-likeness (QED) is 0.687. The van der Waals surface area contributed by atoms with Crippen molar-refractivity contribution in [3.05, 3.63) is 81.9 Å². The third-order valence-corrected chi connectivity index (χ3v) is 5.43. The second-order valence-electron chi connectivity index (χ2n) is 7.23. The maximum atomic E-state index is 13.1. The van der Waals surface area contributed by atoms with E-state index in [1.165, 1.54) is 12.1 Å². The van der Waals surface area contributed by atoms with Crippen LogP contribution in [0.1, 0.15) is 27.2 Å². The van der Waals surface area contributed by atoms with E-state index in [2.05, 4.69) is 10.4 Å². The van der Waals surface area contributed by atoms with Crippen LogP contribution in [0, 0.1) is 18.7 Å². The van der Waals surface area contributed by atoms with E-state index in [0.29, 0.717) is 31.0 Å². The number of hydrogen-bond donors (Lipinski definition) is 1. The Labute approximate surface area is 173 Å². The second kappa shape index (κ2) is 8.25. The number of ether oxygens (including phenoxy) is 1. The van der Waals surface area contributed by atoms with Crippen molar-refractivity contribution in [2.75, 3.05) is 13.2 Å². The minimum atomic E-state index is -0.300. The van der Waals surface area contributed by atoms with Gasteiger partial charge in [0, 0.05) is 12.5 Å². The van der Waals surface area contributed by atoms with Crippen LogP contribution in [-0.2, 0) is 13.0 Å². The summed E-state index contributed by atoms with van der Waals surface area (Å²) in [5.41, 5.74) is 2.92. The Bertz CT molecular complexity index is 1030. The summed E-state index contributed by atoms with van der Waals surface area (Å²) in [5, 5.41) is 7.61. The minimum absolute atomic E-state index is 0.196. The van der Waals surface area contributed by atoms with Gasteiger partial charge in [-0.25, -0.2) is 9.07 Å². The number of amides is 1. The molecule has 0 spiro atoms. The van der Waals surface area contributed by atoms with Crippen LogP contribution >= 0.6 is 11.6 Å². The fourth-order valence-electron chi connectivity index (χ4n) is 3.53. The SMILES string of the molecule is Cc1nn(Cc2ccc(F)cc2)c(Cl)c1C(=O)NCC1COc2ccccc2C1. The molecule has 150 valence electrons. The summed E-state index contributed by atoms with van der Waals surface area (Å²) in [5.74, 6) is 0.556. The van der Waals surface area contributed by atoms with Crippen LogP contribution in [0.25, 0.3) is 0 Å². The molecule has 2 aromatic carbocycles. The molecule has 0 aliphatic carbocycles. The zero-order chi connectivity index (χ0) is 20.4. The largest absolute Gasteiger partial charge is 0.493 e. The lowest BCUT2D eigenvalue weighted by atomic mass is 9.96. The number of nitrogens with zero attached hydrogens (tertiary/aromatic N) is 2.